The van der Waals surface area contributed by atoms with E-state index in [9.17, 15) is 21.6 Å². The van der Waals surface area contributed by atoms with E-state index >= 15 is 0 Å². The van der Waals surface area contributed by atoms with Crippen molar-refractivity contribution >= 4 is 37.3 Å². The SMILES string of the molecule is [C-]#[N+]c1cnn2cc(Br)cc(OS(=O)(=O)C(F)(F)F)c12. The van der Waals surface area contributed by atoms with Gasteiger partial charge in [-0.2, -0.15) is 26.7 Å². The van der Waals surface area contributed by atoms with Crippen LogP contribution in [-0.4, -0.2) is 23.5 Å². The molecule has 0 aliphatic heterocycles. The Morgan fingerprint density at radius 3 is 2.65 bits per heavy atom. The summed E-state index contributed by atoms with van der Waals surface area (Å²) < 4.78 is 64.4. The molecule has 0 spiro atoms. The topological polar surface area (TPSA) is 65.0 Å². The van der Waals surface area contributed by atoms with E-state index in [-0.39, 0.29) is 15.7 Å². The lowest BCUT2D eigenvalue weighted by Crippen LogP contribution is -2.28. The van der Waals surface area contributed by atoms with Gasteiger partial charge in [0.1, 0.15) is 5.52 Å². The Labute approximate surface area is 118 Å². The molecule has 2 aromatic rings. The van der Waals surface area contributed by atoms with Gasteiger partial charge in [0.15, 0.2) is 5.75 Å². The largest absolute Gasteiger partial charge is 0.534 e. The molecule has 0 saturated heterocycles. The second-order valence-corrected chi connectivity index (χ2v) is 5.89. The number of aromatic nitrogens is 2. The van der Waals surface area contributed by atoms with Gasteiger partial charge in [-0.25, -0.2) is 9.36 Å². The third-order valence-electron chi connectivity index (χ3n) is 2.13. The van der Waals surface area contributed by atoms with Gasteiger partial charge in [-0.15, -0.1) is 0 Å². The molecular formula is C9H3BrF3N3O3S. The van der Waals surface area contributed by atoms with Crippen LogP contribution in [0.3, 0.4) is 0 Å². The number of nitrogens with zero attached hydrogens (tertiary/aromatic N) is 3. The first-order valence-corrected chi connectivity index (χ1v) is 6.91. The molecule has 0 unspecified atom stereocenters. The van der Waals surface area contributed by atoms with Crippen molar-refractivity contribution in [2.75, 3.05) is 0 Å². The van der Waals surface area contributed by atoms with Crippen LogP contribution in [0, 0.1) is 6.57 Å². The van der Waals surface area contributed by atoms with Crippen LogP contribution in [0.4, 0.5) is 18.9 Å². The standard InChI is InChI=1S/C9H3BrF3N3O3S/c1-14-6-3-15-16-4-5(10)2-7(8(6)16)19-20(17,18)9(11,12)13/h2-4H. The summed E-state index contributed by atoms with van der Waals surface area (Å²) in [5, 5.41) is 3.72. The van der Waals surface area contributed by atoms with E-state index in [1.165, 1.54) is 6.20 Å². The molecule has 20 heavy (non-hydrogen) atoms. The Hall–Kier alpha value is -1.80. The fraction of sp³-hybridized carbons (Fsp3) is 0.111. The molecule has 0 bridgehead atoms. The molecule has 6 nitrogen and oxygen atoms in total. The summed E-state index contributed by atoms with van der Waals surface area (Å²) in [5.41, 5.74) is -5.87. The lowest BCUT2D eigenvalue weighted by atomic mass is 10.3. The van der Waals surface area contributed by atoms with Crippen LogP contribution in [0.25, 0.3) is 10.4 Å². The van der Waals surface area contributed by atoms with Crippen LogP contribution in [0.15, 0.2) is 22.9 Å². The number of hydrogen-bond acceptors (Lipinski definition) is 4. The van der Waals surface area contributed by atoms with Crippen molar-refractivity contribution in [3.05, 3.63) is 34.3 Å². The van der Waals surface area contributed by atoms with Crippen molar-refractivity contribution in [1.29, 1.82) is 0 Å². The van der Waals surface area contributed by atoms with Crippen LogP contribution >= 0.6 is 15.9 Å². The van der Waals surface area contributed by atoms with E-state index in [1.54, 1.807) is 0 Å². The van der Waals surface area contributed by atoms with Crippen molar-refractivity contribution in [2.45, 2.75) is 5.51 Å². The summed E-state index contributed by atoms with van der Waals surface area (Å²) in [5.74, 6) is -0.639. The summed E-state index contributed by atoms with van der Waals surface area (Å²) in [6.45, 7) is 6.88. The molecule has 0 N–H and O–H groups in total. The number of pyridine rings is 1. The number of alkyl halides is 3. The zero-order valence-corrected chi connectivity index (χ0v) is 11.6. The van der Waals surface area contributed by atoms with E-state index in [0.717, 1.165) is 16.8 Å². The number of fused-ring (bicyclic) bond motifs is 1. The number of rotatable bonds is 2. The third kappa shape index (κ3) is 2.44. The summed E-state index contributed by atoms with van der Waals surface area (Å²) in [6.07, 6.45) is 2.43. The molecule has 2 rings (SSSR count). The van der Waals surface area contributed by atoms with Crippen LogP contribution in [0.1, 0.15) is 0 Å². The molecule has 0 atom stereocenters. The van der Waals surface area contributed by atoms with Gasteiger partial charge in [0.25, 0.3) is 0 Å². The molecule has 0 aliphatic carbocycles. The number of hydrogen-bond donors (Lipinski definition) is 0. The minimum absolute atomic E-state index is 0.134. The molecular weight excluding hydrogens is 367 g/mol. The Morgan fingerprint density at radius 2 is 2.10 bits per heavy atom. The average Bonchev–Trinajstić information content (AvgIpc) is 2.69. The Morgan fingerprint density at radius 1 is 1.45 bits per heavy atom. The van der Waals surface area contributed by atoms with Crippen molar-refractivity contribution in [1.82, 2.24) is 9.61 Å². The molecule has 0 amide bonds. The maximum atomic E-state index is 12.3. The van der Waals surface area contributed by atoms with Crippen LogP contribution in [-0.2, 0) is 10.1 Å². The first-order valence-electron chi connectivity index (χ1n) is 4.71. The molecule has 0 saturated carbocycles. The second-order valence-electron chi connectivity index (χ2n) is 3.44. The first-order chi connectivity index (χ1) is 9.15. The van der Waals surface area contributed by atoms with Crippen LogP contribution in [0.2, 0.25) is 0 Å². The molecule has 0 aliphatic rings. The molecule has 0 aromatic carbocycles. The van der Waals surface area contributed by atoms with Crippen LogP contribution < -0.4 is 4.18 Å². The van der Waals surface area contributed by atoms with Gasteiger partial charge in [-0.3, -0.25) is 0 Å². The smallest absolute Gasteiger partial charge is 0.375 e. The zero-order chi connectivity index (χ0) is 15.1. The summed E-state index contributed by atoms with van der Waals surface area (Å²) in [4.78, 5) is 3.04. The Balaban J connectivity index is 2.66. The highest BCUT2D eigenvalue weighted by Gasteiger charge is 2.48. The van der Waals surface area contributed by atoms with Gasteiger partial charge in [-0.1, -0.05) is 0 Å². The monoisotopic (exact) mass is 369 g/mol. The van der Waals surface area contributed by atoms with Gasteiger partial charge >= 0.3 is 15.6 Å². The van der Waals surface area contributed by atoms with Crippen LogP contribution in [0.5, 0.6) is 5.75 Å². The quantitative estimate of drug-likeness (QED) is 0.463. The van der Waals surface area contributed by atoms with E-state index in [0.29, 0.717) is 0 Å². The summed E-state index contributed by atoms with van der Waals surface area (Å²) in [7, 11) is -5.83. The summed E-state index contributed by atoms with van der Waals surface area (Å²) >= 11 is 2.98. The minimum Gasteiger partial charge on any atom is -0.375 e. The minimum atomic E-state index is -5.83. The highest BCUT2D eigenvalue weighted by atomic mass is 79.9. The molecule has 11 heteroatoms. The highest BCUT2D eigenvalue weighted by Crippen LogP contribution is 2.35. The average molecular weight is 370 g/mol. The predicted octanol–water partition coefficient (Wildman–Crippen LogP) is 2.88. The molecule has 0 fully saturated rings. The number of halogens is 4. The van der Waals surface area contributed by atoms with Crippen molar-refractivity contribution < 1.29 is 25.8 Å². The van der Waals surface area contributed by atoms with Gasteiger partial charge in [0.05, 0.1) is 12.8 Å². The summed E-state index contributed by atoms with van der Waals surface area (Å²) in [6, 6.07) is 1.01. The fourth-order valence-electron chi connectivity index (χ4n) is 1.35. The molecule has 106 valence electrons. The van der Waals surface area contributed by atoms with Gasteiger partial charge in [0, 0.05) is 10.7 Å². The Kier molecular flexibility index (Phi) is 3.39. The first kappa shape index (κ1) is 14.6. The van der Waals surface area contributed by atoms with E-state index in [2.05, 4.69) is 30.1 Å². The van der Waals surface area contributed by atoms with Gasteiger partial charge in [-0.05, 0) is 22.0 Å². The van der Waals surface area contributed by atoms with Crippen molar-refractivity contribution in [3.63, 3.8) is 0 Å². The van der Waals surface area contributed by atoms with Crippen molar-refractivity contribution in [3.8, 4) is 5.75 Å². The Bertz CT molecular complexity index is 823. The lowest BCUT2D eigenvalue weighted by molar-refractivity contribution is -0.0499. The fourth-order valence-corrected chi connectivity index (χ4v) is 2.21. The van der Waals surface area contributed by atoms with E-state index in [1.807, 2.05) is 0 Å². The van der Waals surface area contributed by atoms with Gasteiger partial charge < -0.3 is 4.18 Å². The lowest BCUT2D eigenvalue weighted by Gasteiger charge is -2.11. The molecule has 2 heterocycles. The second kappa shape index (κ2) is 4.64. The van der Waals surface area contributed by atoms with Gasteiger partial charge in [0.2, 0.25) is 5.69 Å². The normalized spacial score (nSPS) is 12.3. The zero-order valence-electron chi connectivity index (χ0n) is 9.22. The molecule has 0 radical (unpaired) electrons. The predicted molar refractivity (Wildman–Crippen MR) is 64.8 cm³/mol. The maximum absolute atomic E-state index is 12.3. The van der Waals surface area contributed by atoms with E-state index < -0.39 is 21.4 Å². The highest BCUT2D eigenvalue weighted by molar-refractivity contribution is 9.10. The van der Waals surface area contributed by atoms with E-state index in [4.69, 9.17) is 6.57 Å². The maximum Gasteiger partial charge on any atom is 0.534 e. The molecule has 2 aromatic heterocycles. The van der Waals surface area contributed by atoms with Crippen molar-refractivity contribution in [2.24, 2.45) is 0 Å². The third-order valence-corrected chi connectivity index (χ3v) is 3.53.